The van der Waals surface area contributed by atoms with Crippen LogP contribution in [0, 0.1) is 0 Å². The van der Waals surface area contributed by atoms with Gasteiger partial charge in [-0.15, -0.1) is 0 Å². The largest absolute Gasteiger partial charge is 0.384 e. The Hall–Kier alpha value is -4.11. The first-order valence-electron chi connectivity index (χ1n) is 13.0. The number of carbonyl (C=O) groups is 2. The van der Waals surface area contributed by atoms with Crippen LogP contribution in [0.1, 0.15) is 61.5 Å². The van der Waals surface area contributed by atoms with E-state index < -0.39 is 6.10 Å². The summed E-state index contributed by atoms with van der Waals surface area (Å²) in [6.45, 7) is 3.01. The van der Waals surface area contributed by atoms with Gasteiger partial charge >= 0.3 is 0 Å². The highest BCUT2D eigenvalue weighted by Gasteiger charge is 2.45. The number of Topliss-reactive ketones (excluding diaryl/α,β-unsaturated/α-hetero) is 1. The van der Waals surface area contributed by atoms with Gasteiger partial charge in [0.2, 0.25) is 0 Å². The number of nitrogen functional groups attached to an aromatic ring is 1. The van der Waals surface area contributed by atoms with E-state index in [4.69, 9.17) is 10.7 Å². The van der Waals surface area contributed by atoms with Crippen molar-refractivity contribution in [1.29, 1.82) is 0 Å². The van der Waals surface area contributed by atoms with Gasteiger partial charge in [0.25, 0.3) is 5.91 Å². The van der Waals surface area contributed by atoms with Crippen molar-refractivity contribution in [2.75, 3.05) is 5.73 Å². The fourth-order valence-corrected chi connectivity index (χ4v) is 6.20. The van der Waals surface area contributed by atoms with Crippen LogP contribution in [0.4, 0.5) is 5.82 Å². The number of rotatable bonds is 5. The lowest BCUT2D eigenvalue weighted by Gasteiger charge is -2.39. The number of fused-ring (bicyclic) bond motifs is 3. The SMILES string of the molecule is CC(=O)c1c([C@@H]2C[C@H]3CC[C@@H](C2)N3C(=O)[C@@H](C)O)nc2c(-c3ccc(-c4ccccc4)nc3)cnn2c1N. The van der Waals surface area contributed by atoms with Crippen LogP contribution in [0.2, 0.25) is 0 Å². The number of piperidine rings is 1. The number of anilines is 1. The van der Waals surface area contributed by atoms with Gasteiger partial charge in [-0.3, -0.25) is 14.6 Å². The Kier molecular flexibility index (Phi) is 5.95. The molecule has 1 aromatic carbocycles. The molecule has 194 valence electrons. The molecule has 38 heavy (non-hydrogen) atoms. The molecule has 0 aliphatic carbocycles. The van der Waals surface area contributed by atoms with Gasteiger partial charge in [-0.1, -0.05) is 36.4 Å². The molecule has 0 unspecified atom stereocenters. The molecule has 1 amide bonds. The summed E-state index contributed by atoms with van der Waals surface area (Å²) in [5, 5.41) is 14.4. The summed E-state index contributed by atoms with van der Waals surface area (Å²) in [6, 6.07) is 13.9. The zero-order valence-corrected chi connectivity index (χ0v) is 21.4. The fraction of sp³-hybridized carbons (Fsp3) is 0.345. The minimum atomic E-state index is -1.02. The van der Waals surface area contributed by atoms with E-state index in [0.29, 0.717) is 29.7 Å². The quantitative estimate of drug-likeness (QED) is 0.390. The Balaban J connectivity index is 1.40. The first-order chi connectivity index (χ1) is 18.3. The van der Waals surface area contributed by atoms with Crippen molar-refractivity contribution in [1.82, 2.24) is 24.5 Å². The Bertz CT molecular complexity index is 1520. The third-order valence-electron chi connectivity index (χ3n) is 7.94. The number of nitrogens with two attached hydrogens (primary N) is 1. The van der Waals surface area contributed by atoms with E-state index in [9.17, 15) is 14.7 Å². The van der Waals surface area contributed by atoms with Crippen molar-refractivity contribution >= 4 is 23.2 Å². The van der Waals surface area contributed by atoms with E-state index in [1.165, 1.54) is 18.4 Å². The van der Waals surface area contributed by atoms with Gasteiger partial charge in [-0.05, 0) is 45.6 Å². The second kappa shape index (κ2) is 9.33. The first kappa shape index (κ1) is 24.2. The molecule has 4 atom stereocenters. The summed E-state index contributed by atoms with van der Waals surface area (Å²) in [4.78, 5) is 37.0. The molecule has 4 aromatic rings. The van der Waals surface area contributed by atoms with Gasteiger partial charge in [-0.2, -0.15) is 9.61 Å². The molecule has 2 aliphatic rings. The molecule has 6 rings (SSSR count). The van der Waals surface area contributed by atoms with Crippen molar-refractivity contribution < 1.29 is 14.7 Å². The van der Waals surface area contributed by atoms with Crippen LogP contribution in [-0.4, -0.2) is 59.5 Å². The van der Waals surface area contributed by atoms with Gasteiger partial charge in [0.15, 0.2) is 11.4 Å². The minimum Gasteiger partial charge on any atom is -0.384 e. The molecule has 0 spiro atoms. The number of hydrogen-bond donors (Lipinski definition) is 2. The summed E-state index contributed by atoms with van der Waals surface area (Å²) >= 11 is 0. The molecule has 0 radical (unpaired) electrons. The van der Waals surface area contributed by atoms with Crippen molar-refractivity contribution in [3.05, 3.63) is 66.1 Å². The van der Waals surface area contributed by atoms with E-state index in [1.54, 1.807) is 12.4 Å². The third-order valence-corrected chi connectivity index (χ3v) is 7.94. The second-order valence-electron chi connectivity index (χ2n) is 10.4. The number of benzene rings is 1. The van der Waals surface area contributed by atoms with Crippen LogP contribution in [0.25, 0.3) is 28.0 Å². The number of amides is 1. The van der Waals surface area contributed by atoms with E-state index in [1.807, 2.05) is 47.4 Å². The maximum absolute atomic E-state index is 12.8. The average Bonchev–Trinajstić information content (AvgIpc) is 3.46. The van der Waals surface area contributed by atoms with Crippen molar-refractivity contribution in [3.63, 3.8) is 0 Å². The number of ketones is 1. The number of hydrogen-bond acceptors (Lipinski definition) is 7. The van der Waals surface area contributed by atoms with Gasteiger partial charge in [0.1, 0.15) is 11.9 Å². The van der Waals surface area contributed by atoms with Crippen molar-refractivity contribution in [2.24, 2.45) is 0 Å². The predicted molar refractivity (Wildman–Crippen MR) is 143 cm³/mol. The zero-order valence-electron chi connectivity index (χ0n) is 21.4. The summed E-state index contributed by atoms with van der Waals surface area (Å²) in [5.74, 6) is -0.145. The highest BCUT2D eigenvalue weighted by Crippen LogP contribution is 2.44. The van der Waals surface area contributed by atoms with Gasteiger partial charge in [0.05, 0.1) is 23.1 Å². The van der Waals surface area contributed by atoms with Crippen LogP contribution >= 0.6 is 0 Å². The molecule has 5 heterocycles. The normalized spacial score (nSPS) is 21.6. The Morgan fingerprint density at radius 2 is 1.74 bits per heavy atom. The van der Waals surface area contributed by atoms with E-state index in [2.05, 4.69) is 10.1 Å². The molecule has 9 nitrogen and oxygen atoms in total. The van der Waals surface area contributed by atoms with Gasteiger partial charge in [-0.25, -0.2) is 4.98 Å². The number of pyridine rings is 1. The summed E-state index contributed by atoms with van der Waals surface area (Å²) < 4.78 is 1.53. The number of aromatic nitrogens is 4. The van der Waals surface area contributed by atoms with Crippen molar-refractivity contribution in [2.45, 2.75) is 63.6 Å². The van der Waals surface area contributed by atoms with Crippen LogP contribution < -0.4 is 5.73 Å². The molecule has 3 aromatic heterocycles. The monoisotopic (exact) mass is 510 g/mol. The standard InChI is InChI=1S/C29H30N6O3/c1-16(36)25-26(20-12-21-9-10-22(13-20)34(21)29(38)17(2)37)33-28-23(15-32-35(28)27(25)30)19-8-11-24(31-14-19)18-6-4-3-5-7-18/h3-8,11,14-15,17,20-22,37H,9-10,12-13,30H2,1-2H3/t17-,20-,21-,22+/m1/s1. The maximum atomic E-state index is 12.8. The van der Waals surface area contributed by atoms with Gasteiger partial charge in [0, 0.05) is 40.9 Å². The molecule has 2 bridgehead atoms. The van der Waals surface area contributed by atoms with Crippen LogP contribution in [-0.2, 0) is 4.79 Å². The zero-order chi connectivity index (χ0) is 26.6. The molecular formula is C29H30N6O3. The minimum absolute atomic E-state index is 0.0130. The molecule has 0 saturated carbocycles. The number of carbonyl (C=O) groups excluding carboxylic acids is 2. The smallest absolute Gasteiger partial charge is 0.251 e. The molecule has 3 N–H and O–H groups in total. The average molecular weight is 511 g/mol. The fourth-order valence-electron chi connectivity index (χ4n) is 6.20. The van der Waals surface area contributed by atoms with E-state index >= 15 is 0 Å². The Labute approximate surface area is 220 Å². The lowest BCUT2D eigenvalue weighted by molar-refractivity contribution is -0.144. The van der Waals surface area contributed by atoms with E-state index in [0.717, 1.165) is 35.2 Å². The lowest BCUT2D eigenvalue weighted by atomic mass is 9.85. The van der Waals surface area contributed by atoms with E-state index in [-0.39, 0.29) is 35.5 Å². The highest BCUT2D eigenvalue weighted by atomic mass is 16.3. The van der Waals surface area contributed by atoms with Gasteiger partial charge < -0.3 is 15.7 Å². The number of nitrogens with zero attached hydrogens (tertiary/aromatic N) is 5. The lowest BCUT2D eigenvalue weighted by Crippen LogP contribution is -2.49. The maximum Gasteiger partial charge on any atom is 0.251 e. The summed E-state index contributed by atoms with van der Waals surface area (Å²) in [7, 11) is 0. The first-order valence-corrected chi connectivity index (χ1v) is 13.0. The Morgan fingerprint density at radius 1 is 1.03 bits per heavy atom. The second-order valence-corrected chi connectivity index (χ2v) is 10.4. The molecule has 2 fully saturated rings. The highest BCUT2D eigenvalue weighted by molar-refractivity contribution is 6.00. The molecule has 9 heteroatoms. The number of aliphatic hydroxyl groups excluding tert-OH is 1. The molecule has 2 aliphatic heterocycles. The molecular weight excluding hydrogens is 480 g/mol. The number of aliphatic hydroxyl groups is 1. The van der Waals surface area contributed by atoms with Crippen LogP contribution in [0.5, 0.6) is 0 Å². The summed E-state index contributed by atoms with van der Waals surface area (Å²) in [5.41, 5.74) is 11.7. The Morgan fingerprint density at radius 3 is 2.34 bits per heavy atom. The topological polar surface area (TPSA) is 127 Å². The van der Waals surface area contributed by atoms with Crippen molar-refractivity contribution in [3.8, 4) is 22.4 Å². The molecule has 2 saturated heterocycles. The summed E-state index contributed by atoms with van der Waals surface area (Å²) in [6.07, 6.45) is 5.59. The van der Waals surface area contributed by atoms with Crippen LogP contribution in [0.3, 0.4) is 0 Å². The third kappa shape index (κ3) is 3.94. The predicted octanol–water partition coefficient (Wildman–Crippen LogP) is 3.86. The van der Waals surface area contributed by atoms with Crippen LogP contribution in [0.15, 0.2) is 54.9 Å².